The summed E-state index contributed by atoms with van der Waals surface area (Å²) in [5.74, 6) is -0.318. The van der Waals surface area contributed by atoms with Crippen molar-refractivity contribution in [3.8, 4) is 0 Å². The third-order valence-electron chi connectivity index (χ3n) is 2.76. The van der Waals surface area contributed by atoms with E-state index in [1.807, 2.05) is 6.92 Å². The van der Waals surface area contributed by atoms with Crippen LogP contribution in [0, 0.1) is 0 Å². The fraction of sp³-hybridized carbons (Fsp3) is 0.375. The molecule has 0 bridgehead atoms. The smallest absolute Gasteiger partial charge is 0.412 e. The zero-order valence-corrected chi connectivity index (χ0v) is 14.9. The number of benzene rings is 1. The molecule has 2 amide bonds. The summed E-state index contributed by atoms with van der Waals surface area (Å²) < 4.78 is 5.19. The van der Waals surface area contributed by atoms with Gasteiger partial charge in [0.05, 0.1) is 0 Å². The topological polar surface area (TPSA) is 93.2 Å². The minimum Gasteiger partial charge on any atom is -0.444 e. The van der Waals surface area contributed by atoms with Gasteiger partial charge in [0.25, 0.3) is 5.91 Å². The van der Waals surface area contributed by atoms with Gasteiger partial charge < -0.3 is 4.74 Å². The molecule has 0 unspecified atom stereocenters. The van der Waals surface area contributed by atoms with Crippen molar-refractivity contribution < 1.29 is 14.3 Å². The Kier molecular flexibility index (Phi) is 5.50. The number of ether oxygens (including phenoxy) is 1. The van der Waals surface area contributed by atoms with Crippen molar-refractivity contribution in [3.63, 3.8) is 0 Å². The van der Waals surface area contributed by atoms with Crippen LogP contribution in [-0.2, 0) is 11.2 Å². The second-order valence-corrected chi connectivity index (χ2v) is 7.08. The summed E-state index contributed by atoms with van der Waals surface area (Å²) >= 11 is 1.33. The summed E-state index contributed by atoms with van der Waals surface area (Å²) in [6, 6.07) is 6.58. The van der Waals surface area contributed by atoms with E-state index in [-0.39, 0.29) is 5.91 Å². The summed E-state index contributed by atoms with van der Waals surface area (Å²) in [6.45, 7) is 7.31. The SMILES string of the molecule is CCc1nnc(NC(=O)c2cccc(NC(=O)OC(C)(C)C)c2)s1. The van der Waals surface area contributed by atoms with Gasteiger partial charge in [0.15, 0.2) is 0 Å². The molecule has 0 spiro atoms. The molecule has 1 heterocycles. The molecule has 8 heteroatoms. The maximum atomic E-state index is 12.3. The molecule has 0 radical (unpaired) electrons. The maximum absolute atomic E-state index is 12.3. The zero-order chi connectivity index (χ0) is 17.7. The van der Waals surface area contributed by atoms with Crippen LogP contribution in [0.2, 0.25) is 0 Å². The first-order chi connectivity index (χ1) is 11.3. The number of amides is 2. The van der Waals surface area contributed by atoms with Crippen LogP contribution >= 0.6 is 11.3 Å². The van der Waals surface area contributed by atoms with Gasteiger partial charge in [0.2, 0.25) is 5.13 Å². The number of aryl methyl sites for hydroxylation is 1. The van der Waals surface area contributed by atoms with Crippen LogP contribution in [0.15, 0.2) is 24.3 Å². The van der Waals surface area contributed by atoms with Gasteiger partial charge in [-0.25, -0.2) is 4.79 Å². The van der Waals surface area contributed by atoms with Gasteiger partial charge in [-0.2, -0.15) is 0 Å². The van der Waals surface area contributed by atoms with E-state index in [1.165, 1.54) is 11.3 Å². The average Bonchev–Trinajstić information content (AvgIpc) is 2.93. The molecular weight excluding hydrogens is 328 g/mol. The summed E-state index contributed by atoms with van der Waals surface area (Å²) in [7, 11) is 0. The van der Waals surface area contributed by atoms with Crippen molar-refractivity contribution in [3.05, 3.63) is 34.8 Å². The van der Waals surface area contributed by atoms with Crippen LogP contribution in [0.3, 0.4) is 0 Å². The van der Waals surface area contributed by atoms with E-state index < -0.39 is 11.7 Å². The standard InChI is InChI=1S/C16H20N4O3S/c1-5-12-19-20-14(24-12)18-13(21)10-7-6-8-11(9-10)17-15(22)23-16(2,3)4/h6-9H,5H2,1-4H3,(H,17,22)(H,18,20,21). The number of hydrogen-bond donors (Lipinski definition) is 2. The third-order valence-corrected chi connectivity index (χ3v) is 3.74. The minimum absolute atomic E-state index is 0.318. The Morgan fingerprint density at radius 3 is 2.58 bits per heavy atom. The van der Waals surface area contributed by atoms with Gasteiger partial charge in [-0.1, -0.05) is 24.3 Å². The lowest BCUT2D eigenvalue weighted by Crippen LogP contribution is -2.27. The number of rotatable bonds is 4. The number of nitrogens with one attached hydrogen (secondary N) is 2. The maximum Gasteiger partial charge on any atom is 0.412 e. The molecule has 2 rings (SSSR count). The molecular formula is C16H20N4O3S. The number of aromatic nitrogens is 2. The Bertz CT molecular complexity index is 737. The average molecular weight is 348 g/mol. The zero-order valence-electron chi connectivity index (χ0n) is 14.0. The highest BCUT2D eigenvalue weighted by atomic mass is 32.1. The minimum atomic E-state index is -0.589. The monoisotopic (exact) mass is 348 g/mol. The molecule has 128 valence electrons. The molecule has 0 fully saturated rings. The van der Waals surface area contributed by atoms with Crippen LogP contribution in [0.25, 0.3) is 0 Å². The van der Waals surface area contributed by atoms with Crippen LogP contribution in [-0.4, -0.2) is 27.8 Å². The number of carbonyl (C=O) groups is 2. The Labute approximate surface area is 144 Å². The Balaban J connectivity index is 2.03. The van der Waals surface area contributed by atoms with Crippen molar-refractivity contribution in [1.82, 2.24) is 10.2 Å². The van der Waals surface area contributed by atoms with Gasteiger partial charge in [-0.15, -0.1) is 10.2 Å². The van der Waals surface area contributed by atoms with E-state index in [4.69, 9.17) is 4.74 Å². The fourth-order valence-corrected chi connectivity index (χ4v) is 2.45. The lowest BCUT2D eigenvalue weighted by atomic mass is 10.2. The normalized spacial score (nSPS) is 11.0. The first kappa shape index (κ1) is 17.9. The van der Waals surface area contributed by atoms with Crippen molar-refractivity contribution in [2.24, 2.45) is 0 Å². The lowest BCUT2D eigenvalue weighted by Gasteiger charge is -2.19. The van der Waals surface area contributed by atoms with Crippen LogP contribution in [0.1, 0.15) is 43.1 Å². The largest absolute Gasteiger partial charge is 0.444 e. The van der Waals surface area contributed by atoms with Gasteiger partial charge in [0, 0.05) is 11.3 Å². The molecule has 24 heavy (non-hydrogen) atoms. The van der Waals surface area contributed by atoms with Crippen LogP contribution in [0.5, 0.6) is 0 Å². The van der Waals surface area contributed by atoms with E-state index >= 15 is 0 Å². The van der Waals surface area contributed by atoms with E-state index in [0.29, 0.717) is 16.4 Å². The molecule has 0 atom stereocenters. The van der Waals surface area contributed by atoms with Crippen molar-refractivity contribution in [2.45, 2.75) is 39.7 Å². The highest BCUT2D eigenvalue weighted by Crippen LogP contribution is 2.18. The number of anilines is 2. The second kappa shape index (κ2) is 7.39. The van der Waals surface area contributed by atoms with E-state index in [2.05, 4.69) is 20.8 Å². The van der Waals surface area contributed by atoms with Crippen LogP contribution < -0.4 is 10.6 Å². The highest BCUT2D eigenvalue weighted by molar-refractivity contribution is 7.15. The molecule has 0 aliphatic rings. The first-order valence-electron chi connectivity index (χ1n) is 7.50. The predicted molar refractivity (Wildman–Crippen MR) is 93.5 cm³/mol. The second-order valence-electron chi connectivity index (χ2n) is 6.02. The van der Waals surface area contributed by atoms with Gasteiger partial charge >= 0.3 is 6.09 Å². The lowest BCUT2D eigenvalue weighted by molar-refractivity contribution is 0.0635. The molecule has 0 aliphatic carbocycles. The Morgan fingerprint density at radius 1 is 1.21 bits per heavy atom. The quantitative estimate of drug-likeness (QED) is 0.879. The molecule has 0 saturated carbocycles. The molecule has 7 nitrogen and oxygen atoms in total. The predicted octanol–water partition coefficient (Wildman–Crippen LogP) is 3.70. The Hall–Kier alpha value is -2.48. The summed E-state index contributed by atoms with van der Waals surface area (Å²) in [6.07, 6.45) is 0.194. The van der Waals surface area contributed by atoms with E-state index in [1.54, 1.807) is 45.0 Å². The van der Waals surface area contributed by atoms with Crippen LogP contribution in [0.4, 0.5) is 15.6 Å². The van der Waals surface area contributed by atoms with Gasteiger partial charge in [0.1, 0.15) is 10.6 Å². The molecule has 0 saturated heterocycles. The van der Waals surface area contributed by atoms with Gasteiger partial charge in [-0.05, 0) is 45.4 Å². The van der Waals surface area contributed by atoms with E-state index in [9.17, 15) is 9.59 Å². The fourth-order valence-electron chi connectivity index (χ4n) is 1.78. The number of carbonyl (C=O) groups excluding carboxylic acids is 2. The van der Waals surface area contributed by atoms with Gasteiger partial charge in [-0.3, -0.25) is 15.4 Å². The molecule has 2 N–H and O–H groups in total. The molecule has 0 aliphatic heterocycles. The Morgan fingerprint density at radius 2 is 1.96 bits per heavy atom. The summed E-state index contributed by atoms with van der Waals surface area (Å²) in [5.41, 5.74) is 0.286. The first-order valence-corrected chi connectivity index (χ1v) is 8.32. The summed E-state index contributed by atoms with van der Waals surface area (Å²) in [4.78, 5) is 24.0. The van der Waals surface area contributed by atoms with Crippen molar-refractivity contribution in [2.75, 3.05) is 10.6 Å². The third kappa shape index (κ3) is 5.31. The summed E-state index contributed by atoms with van der Waals surface area (Å²) in [5, 5.41) is 14.5. The number of hydrogen-bond acceptors (Lipinski definition) is 6. The van der Waals surface area contributed by atoms with Crippen molar-refractivity contribution >= 4 is 34.2 Å². The van der Waals surface area contributed by atoms with E-state index in [0.717, 1.165) is 11.4 Å². The van der Waals surface area contributed by atoms with Crippen molar-refractivity contribution in [1.29, 1.82) is 0 Å². The molecule has 2 aromatic rings. The highest BCUT2D eigenvalue weighted by Gasteiger charge is 2.17. The molecule has 1 aromatic heterocycles. The number of nitrogens with zero attached hydrogens (tertiary/aromatic N) is 2. The molecule has 1 aromatic carbocycles.